The third-order valence-electron chi connectivity index (χ3n) is 8.18. The number of benzene rings is 2. The highest BCUT2D eigenvalue weighted by Crippen LogP contribution is 2.41. The van der Waals surface area contributed by atoms with Gasteiger partial charge in [0.25, 0.3) is 0 Å². The Morgan fingerprint density at radius 2 is 1.77 bits per heavy atom. The molecule has 4 aromatic rings. The number of nitrogens with zero attached hydrogens (tertiary/aromatic N) is 4. The van der Waals surface area contributed by atoms with Gasteiger partial charge in [0.1, 0.15) is 5.82 Å². The van der Waals surface area contributed by atoms with Gasteiger partial charge < -0.3 is 29.7 Å². The summed E-state index contributed by atoms with van der Waals surface area (Å²) in [6, 6.07) is 22.2. The number of carbonyl (C=O) groups excluding carboxylic acids is 1. The Kier molecular flexibility index (Phi) is 8.40. The number of aryl methyl sites for hydroxylation is 1. The Morgan fingerprint density at radius 1 is 1.05 bits per heavy atom. The van der Waals surface area contributed by atoms with Crippen molar-refractivity contribution >= 4 is 34.6 Å². The highest BCUT2D eigenvalue weighted by molar-refractivity contribution is 7.80. The maximum Gasteiger partial charge on any atom is 0.226 e. The van der Waals surface area contributed by atoms with Crippen molar-refractivity contribution in [1.82, 2.24) is 19.8 Å². The topological polar surface area (TPSA) is 74.7 Å². The van der Waals surface area contributed by atoms with Crippen molar-refractivity contribution in [3.05, 3.63) is 107 Å². The second kappa shape index (κ2) is 12.5. The van der Waals surface area contributed by atoms with Crippen LogP contribution < -0.4 is 15.5 Å². The van der Waals surface area contributed by atoms with Gasteiger partial charge >= 0.3 is 0 Å². The van der Waals surface area contributed by atoms with Gasteiger partial charge in [0.2, 0.25) is 5.91 Å². The second-order valence-electron chi connectivity index (χ2n) is 10.9. The first kappa shape index (κ1) is 28.8. The van der Waals surface area contributed by atoms with Crippen LogP contribution in [0, 0.1) is 19.7 Å². The lowest BCUT2D eigenvalue weighted by molar-refractivity contribution is -0.116. The molecular weight excluding hydrogens is 563 g/mol. The van der Waals surface area contributed by atoms with Crippen LogP contribution >= 0.6 is 12.2 Å². The average molecular weight is 599 g/mol. The molecule has 43 heavy (non-hydrogen) atoms. The monoisotopic (exact) mass is 598 g/mol. The number of pyridine rings is 1. The number of ether oxygens (including phenoxy) is 1. The van der Waals surface area contributed by atoms with Gasteiger partial charge in [0.05, 0.1) is 31.0 Å². The summed E-state index contributed by atoms with van der Waals surface area (Å²) in [6.07, 6.45) is 2.00. The van der Waals surface area contributed by atoms with Crippen molar-refractivity contribution in [3.63, 3.8) is 0 Å². The van der Waals surface area contributed by atoms with Crippen LogP contribution in [0.1, 0.15) is 41.1 Å². The molecular formula is C33H35FN6O2S. The van der Waals surface area contributed by atoms with Gasteiger partial charge in [-0.25, -0.2) is 4.39 Å². The predicted octanol–water partition coefficient (Wildman–Crippen LogP) is 5.47. The quantitative estimate of drug-likeness (QED) is 0.261. The molecule has 2 atom stereocenters. The van der Waals surface area contributed by atoms with E-state index in [-0.39, 0.29) is 30.2 Å². The van der Waals surface area contributed by atoms with Crippen molar-refractivity contribution in [2.75, 3.05) is 43.1 Å². The van der Waals surface area contributed by atoms with Crippen LogP contribution in [0.4, 0.5) is 15.8 Å². The van der Waals surface area contributed by atoms with E-state index in [9.17, 15) is 9.18 Å². The average Bonchev–Trinajstić information content (AvgIpc) is 3.52. The normalized spacial score (nSPS) is 18.5. The van der Waals surface area contributed by atoms with Crippen molar-refractivity contribution in [2.45, 2.75) is 32.4 Å². The Hall–Kier alpha value is -4.28. The van der Waals surface area contributed by atoms with Crippen LogP contribution in [0.5, 0.6) is 0 Å². The van der Waals surface area contributed by atoms with Crippen LogP contribution in [0.15, 0.2) is 79.0 Å². The van der Waals surface area contributed by atoms with E-state index in [1.165, 1.54) is 17.8 Å². The maximum absolute atomic E-state index is 13.3. The second-order valence-corrected chi connectivity index (χ2v) is 11.3. The lowest BCUT2D eigenvalue weighted by Crippen LogP contribution is -2.36. The zero-order valence-electron chi connectivity index (χ0n) is 24.3. The molecule has 2 aliphatic rings. The highest BCUT2D eigenvalue weighted by atomic mass is 32.1. The Balaban J connectivity index is 1.28. The van der Waals surface area contributed by atoms with Gasteiger partial charge in [-0.1, -0.05) is 6.07 Å². The predicted molar refractivity (Wildman–Crippen MR) is 170 cm³/mol. The lowest BCUT2D eigenvalue weighted by atomic mass is 9.96. The number of hydrogen-bond acceptors (Lipinski definition) is 5. The van der Waals surface area contributed by atoms with Crippen LogP contribution in [0.3, 0.4) is 0 Å². The first-order valence-electron chi connectivity index (χ1n) is 14.5. The molecule has 2 aromatic heterocycles. The Labute approximate surface area is 256 Å². The molecule has 6 rings (SSSR count). The van der Waals surface area contributed by atoms with E-state index in [4.69, 9.17) is 17.0 Å². The molecule has 4 heterocycles. The summed E-state index contributed by atoms with van der Waals surface area (Å²) in [5.74, 6) is -0.513. The van der Waals surface area contributed by atoms with Gasteiger partial charge in [-0.2, -0.15) is 0 Å². The minimum atomic E-state index is -0.347. The smallest absolute Gasteiger partial charge is 0.226 e. The molecule has 1 amide bonds. The molecule has 8 nitrogen and oxygen atoms in total. The largest absolute Gasteiger partial charge is 0.378 e. The summed E-state index contributed by atoms with van der Waals surface area (Å²) < 4.78 is 21.1. The number of hydrogen-bond donors (Lipinski definition) is 2. The zero-order valence-corrected chi connectivity index (χ0v) is 25.1. The minimum absolute atomic E-state index is 0.166. The van der Waals surface area contributed by atoms with Crippen molar-refractivity contribution in [3.8, 4) is 5.69 Å². The number of morpholine rings is 1. The summed E-state index contributed by atoms with van der Waals surface area (Å²) in [6.45, 7) is 7.95. The molecule has 0 unspecified atom stereocenters. The summed E-state index contributed by atoms with van der Waals surface area (Å²) >= 11 is 5.84. The van der Waals surface area contributed by atoms with Crippen molar-refractivity contribution < 1.29 is 13.9 Å². The van der Waals surface area contributed by atoms with E-state index >= 15 is 0 Å². The van der Waals surface area contributed by atoms with Crippen LogP contribution in [0.2, 0.25) is 0 Å². The molecule has 0 bridgehead atoms. The molecule has 2 saturated heterocycles. The number of rotatable bonds is 8. The molecule has 10 heteroatoms. The molecule has 2 aromatic carbocycles. The fourth-order valence-corrected chi connectivity index (χ4v) is 6.41. The minimum Gasteiger partial charge on any atom is -0.378 e. The molecule has 2 N–H and O–H groups in total. The summed E-state index contributed by atoms with van der Waals surface area (Å²) in [5.41, 5.74) is 7.06. The first-order valence-corrected chi connectivity index (χ1v) is 15.0. The number of thiocarbonyl (C=S) groups is 1. The number of anilines is 2. The Bertz CT molecular complexity index is 1590. The fourth-order valence-electron chi connectivity index (χ4n) is 6.08. The van der Waals surface area contributed by atoms with E-state index in [0.29, 0.717) is 17.3 Å². The number of carbonyl (C=O) groups is 1. The van der Waals surface area contributed by atoms with Crippen LogP contribution in [-0.2, 0) is 9.53 Å². The summed E-state index contributed by atoms with van der Waals surface area (Å²) in [5, 5.41) is 6.92. The van der Waals surface area contributed by atoms with Gasteiger partial charge in [-0.15, -0.1) is 0 Å². The van der Waals surface area contributed by atoms with Gasteiger partial charge in [0.15, 0.2) is 5.11 Å². The first-order chi connectivity index (χ1) is 20.9. The zero-order chi connectivity index (χ0) is 29.9. The number of aromatic nitrogens is 2. The molecule has 0 aliphatic carbocycles. The third-order valence-corrected chi connectivity index (χ3v) is 8.53. The van der Waals surface area contributed by atoms with E-state index in [1.807, 2.05) is 18.2 Å². The molecule has 2 fully saturated rings. The van der Waals surface area contributed by atoms with Crippen LogP contribution in [0.25, 0.3) is 5.69 Å². The SMILES string of the molecule is Cc1cc([C@@H]2[C@H](c3ccccn3)NC(=S)N2CCC(=O)Nc2ccc(F)cc2)c(C)n1-c1ccc(N2CCOCC2)cc1. The molecule has 2 aliphatic heterocycles. The lowest BCUT2D eigenvalue weighted by Gasteiger charge is -2.29. The number of amides is 1. The summed E-state index contributed by atoms with van der Waals surface area (Å²) in [7, 11) is 0. The van der Waals surface area contributed by atoms with Crippen LogP contribution in [-0.4, -0.2) is 58.3 Å². The molecule has 0 saturated carbocycles. The standard InChI is InChI=1S/C33H35FN6O2S/c1-22-21-28(23(2)40(22)27-12-10-26(11-13-27)38-17-19-42-20-18-38)32-31(29-5-3-4-15-35-29)37-33(43)39(32)16-14-30(41)36-25-8-6-24(34)7-9-25/h3-13,15,21,31-32H,14,16-20H2,1-2H3,(H,36,41)(H,37,43)/t31-,32+/m0/s1. The number of nitrogens with one attached hydrogen (secondary N) is 2. The van der Waals surface area contributed by atoms with Gasteiger partial charge in [-0.3, -0.25) is 9.78 Å². The fraction of sp³-hybridized carbons (Fsp3) is 0.303. The van der Waals surface area contributed by atoms with Crippen molar-refractivity contribution in [1.29, 1.82) is 0 Å². The van der Waals surface area contributed by atoms with E-state index < -0.39 is 0 Å². The molecule has 222 valence electrons. The third kappa shape index (κ3) is 6.11. The van der Waals surface area contributed by atoms with Gasteiger partial charge in [0, 0.05) is 60.7 Å². The highest BCUT2D eigenvalue weighted by Gasteiger charge is 2.41. The Morgan fingerprint density at radius 3 is 2.47 bits per heavy atom. The van der Waals surface area contributed by atoms with Gasteiger partial charge in [-0.05, 0) is 98.4 Å². The van der Waals surface area contributed by atoms with E-state index in [0.717, 1.165) is 54.6 Å². The maximum atomic E-state index is 13.3. The number of halogens is 1. The molecule has 0 spiro atoms. The molecule has 0 radical (unpaired) electrons. The van der Waals surface area contributed by atoms with Crippen molar-refractivity contribution in [2.24, 2.45) is 0 Å². The van der Waals surface area contributed by atoms with E-state index in [1.54, 1.807) is 18.3 Å². The summed E-state index contributed by atoms with van der Waals surface area (Å²) in [4.78, 5) is 22.0. The van der Waals surface area contributed by atoms with E-state index in [2.05, 4.69) is 74.2 Å².